The van der Waals surface area contributed by atoms with Crippen LogP contribution in [-0.4, -0.2) is 25.3 Å². The van der Waals surface area contributed by atoms with E-state index in [2.05, 4.69) is 6.58 Å². The molecular weight excluding hydrogens is 314 g/mol. The Hall–Kier alpha value is -2.31. The number of hydrogen-bond acceptors (Lipinski definition) is 5. The Morgan fingerprint density at radius 2 is 1.83 bits per heavy atom. The molecule has 0 fully saturated rings. The fraction of sp³-hybridized carbons (Fsp3) is 0.176. The highest BCUT2D eigenvalue weighted by Gasteiger charge is 2.25. The van der Waals surface area contributed by atoms with Crippen LogP contribution in [0.5, 0.6) is 5.75 Å². The van der Waals surface area contributed by atoms with Gasteiger partial charge in [0, 0.05) is 12.3 Å². The first kappa shape index (κ1) is 15.6. The number of rotatable bonds is 5. The Balaban J connectivity index is 1.84. The largest absolute Gasteiger partial charge is 0.748 e. The van der Waals surface area contributed by atoms with E-state index < -0.39 is 15.9 Å². The van der Waals surface area contributed by atoms with Gasteiger partial charge in [0.1, 0.15) is 0 Å². The molecule has 1 aliphatic heterocycles. The molecule has 23 heavy (non-hydrogen) atoms. The molecule has 6 heteroatoms. The molecule has 0 unspecified atom stereocenters. The van der Waals surface area contributed by atoms with Gasteiger partial charge in [-0.2, -0.15) is 0 Å². The van der Waals surface area contributed by atoms with Gasteiger partial charge in [0.15, 0.2) is 11.6 Å². The molecule has 0 spiro atoms. The van der Waals surface area contributed by atoms with E-state index >= 15 is 0 Å². The van der Waals surface area contributed by atoms with Crippen LogP contribution in [0.4, 0.5) is 5.69 Å². The second-order valence-electron chi connectivity index (χ2n) is 5.31. The standard InChI is InChI=1S/C17H17NO4S/c1-13-18(10-5-11-23(19,20)21)16-12-15(8-9-17(16)22-13)14-6-3-2-4-7-14/h2-4,6-9,12H,1,5,10-11H2,(H,19,20,21)/p-1. The average molecular weight is 330 g/mol. The lowest BCUT2D eigenvalue weighted by molar-refractivity contribution is 0.438. The third kappa shape index (κ3) is 3.55. The quantitative estimate of drug-likeness (QED) is 0.788. The molecule has 0 amide bonds. The van der Waals surface area contributed by atoms with Crippen LogP contribution in [0.15, 0.2) is 61.0 Å². The second kappa shape index (κ2) is 6.06. The highest BCUT2D eigenvalue weighted by atomic mass is 32.2. The summed E-state index contributed by atoms with van der Waals surface area (Å²) in [5.74, 6) is 0.720. The summed E-state index contributed by atoms with van der Waals surface area (Å²) in [6.45, 7) is 4.21. The third-order valence-corrected chi connectivity index (χ3v) is 4.45. The van der Waals surface area contributed by atoms with Crippen LogP contribution in [0.3, 0.4) is 0 Å². The lowest BCUT2D eigenvalue weighted by atomic mass is 10.0. The molecule has 5 nitrogen and oxygen atoms in total. The smallest absolute Gasteiger partial charge is 0.193 e. The van der Waals surface area contributed by atoms with E-state index in [0.717, 1.165) is 16.8 Å². The van der Waals surface area contributed by atoms with Gasteiger partial charge >= 0.3 is 0 Å². The zero-order valence-electron chi connectivity index (χ0n) is 12.4. The summed E-state index contributed by atoms with van der Waals surface area (Å²) >= 11 is 0. The van der Waals surface area contributed by atoms with Gasteiger partial charge in [0.2, 0.25) is 0 Å². The summed E-state index contributed by atoms with van der Waals surface area (Å²) in [5.41, 5.74) is 2.94. The van der Waals surface area contributed by atoms with Crippen molar-refractivity contribution in [3.63, 3.8) is 0 Å². The van der Waals surface area contributed by atoms with Crippen LogP contribution < -0.4 is 9.64 Å². The maximum absolute atomic E-state index is 10.7. The Bertz CT molecular complexity index is 831. The van der Waals surface area contributed by atoms with E-state index in [0.29, 0.717) is 18.2 Å². The number of fused-ring (bicyclic) bond motifs is 1. The maximum atomic E-state index is 10.7. The van der Waals surface area contributed by atoms with E-state index in [9.17, 15) is 13.0 Å². The van der Waals surface area contributed by atoms with E-state index in [1.165, 1.54) is 0 Å². The lowest BCUT2D eigenvalue weighted by Gasteiger charge is -2.18. The van der Waals surface area contributed by atoms with Crippen molar-refractivity contribution in [1.82, 2.24) is 0 Å². The molecule has 0 aromatic heterocycles. The minimum atomic E-state index is -4.21. The summed E-state index contributed by atoms with van der Waals surface area (Å²) in [6, 6.07) is 15.7. The zero-order valence-corrected chi connectivity index (χ0v) is 13.3. The molecule has 2 aromatic rings. The van der Waals surface area contributed by atoms with Crippen LogP contribution in [0.1, 0.15) is 6.42 Å². The van der Waals surface area contributed by atoms with Gasteiger partial charge in [0.05, 0.1) is 15.8 Å². The molecule has 0 bridgehead atoms. The van der Waals surface area contributed by atoms with Crippen molar-refractivity contribution < 1.29 is 17.7 Å². The molecule has 0 saturated heterocycles. The summed E-state index contributed by atoms with van der Waals surface area (Å²) in [4.78, 5) is 1.80. The van der Waals surface area contributed by atoms with Crippen LogP contribution in [0.2, 0.25) is 0 Å². The van der Waals surface area contributed by atoms with Gasteiger partial charge in [0.25, 0.3) is 0 Å². The normalized spacial score (nSPS) is 13.8. The first-order chi connectivity index (χ1) is 10.9. The van der Waals surface area contributed by atoms with E-state index in [4.69, 9.17) is 4.74 Å². The molecule has 0 atom stereocenters. The predicted octanol–water partition coefficient (Wildman–Crippen LogP) is 2.96. The molecule has 0 aliphatic carbocycles. The average Bonchev–Trinajstić information content (AvgIpc) is 2.82. The fourth-order valence-electron chi connectivity index (χ4n) is 2.59. The summed E-state index contributed by atoms with van der Waals surface area (Å²) in [6.07, 6.45) is 0.225. The summed E-state index contributed by atoms with van der Waals surface area (Å²) < 4.78 is 37.8. The highest BCUT2D eigenvalue weighted by Crippen LogP contribution is 2.41. The van der Waals surface area contributed by atoms with Crippen molar-refractivity contribution in [2.24, 2.45) is 0 Å². The third-order valence-electron chi connectivity index (χ3n) is 3.66. The highest BCUT2D eigenvalue weighted by molar-refractivity contribution is 7.85. The number of hydrogen-bond donors (Lipinski definition) is 0. The van der Waals surface area contributed by atoms with E-state index in [-0.39, 0.29) is 6.42 Å². The molecule has 1 aliphatic rings. The molecule has 3 rings (SSSR count). The molecule has 0 radical (unpaired) electrons. The Morgan fingerprint density at radius 1 is 1.09 bits per heavy atom. The van der Waals surface area contributed by atoms with Gasteiger partial charge in [-0.3, -0.25) is 0 Å². The van der Waals surface area contributed by atoms with Crippen molar-refractivity contribution in [2.75, 3.05) is 17.2 Å². The van der Waals surface area contributed by atoms with E-state index in [1.807, 2.05) is 48.5 Å². The second-order valence-corrected chi connectivity index (χ2v) is 6.83. The molecule has 0 N–H and O–H groups in total. The number of nitrogens with zero attached hydrogens (tertiary/aromatic N) is 1. The van der Waals surface area contributed by atoms with Crippen molar-refractivity contribution >= 4 is 15.8 Å². The summed E-state index contributed by atoms with van der Waals surface area (Å²) in [5, 5.41) is 0. The van der Waals surface area contributed by atoms with Crippen molar-refractivity contribution in [3.05, 3.63) is 61.0 Å². The number of ether oxygens (including phenoxy) is 1. The monoisotopic (exact) mass is 330 g/mol. The topological polar surface area (TPSA) is 69.7 Å². The fourth-order valence-corrected chi connectivity index (χ4v) is 3.07. The molecule has 0 saturated carbocycles. The SMILES string of the molecule is C=C1Oc2ccc(-c3ccccc3)cc2N1CCCS(=O)(=O)[O-]. The predicted molar refractivity (Wildman–Crippen MR) is 88.2 cm³/mol. The van der Waals surface area contributed by atoms with Crippen molar-refractivity contribution in [1.29, 1.82) is 0 Å². The van der Waals surface area contributed by atoms with Gasteiger partial charge in [-0.15, -0.1) is 0 Å². The van der Waals surface area contributed by atoms with E-state index in [1.54, 1.807) is 4.90 Å². The van der Waals surface area contributed by atoms with Crippen LogP contribution in [-0.2, 0) is 10.1 Å². The Kier molecular flexibility index (Phi) is 4.11. The molecule has 1 heterocycles. The van der Waals surface area contributed by atoms with Crippen LogP contribution in [0.25, 0.3) is 11.1 Å². The minimum absolute atomic E-state index is 0.225. The molecule has 120 valence electrons. The van der Waals surface area contributed by atoms with Crippen molar-refractivity contribution in [3.8, 4) is 16.9 Å². The molecular formula is C17H16NO4S-. The number of anilines is 1. The van der Waals surface area contributed by atoms with Crippen LogP contribution in [0, 0.1) is 0 Å². The Morgan fingerprint density at radius 3 is 2.52 bits per heavy atom. The van der Waals surface area contributed by atoms with Gasteiger partial charge < -0.3 is 14.2 Å². The van der Waals surface area contributed by atoms with Crippen molar-refractivity contribution in [2.45, 2.75) is 6.42 Å². The lowest BCUT2D eigenvalue weighted by Crippen LogP contribution is -2.22. The number of benzene rings is 2. The molecule has 2 aromatic carbocycles. The zero-order chi connectivity index (χ0) is 16.4. The minimum Gasteiger partial charge on any atom is -0.748 e. The van der Waals surface area contributed by atoms with Gasteiger partial charge in [-0.05, 0) is 36.3 Å². The first-order valence-corrected chi connectivity index (χ1v) is 8.79. The van der Waals surface area contributed by atoms with Gasteiger partial charge in [-0.25, -0.2) is 8.42 Å². The Labute approximate surface area is 135 Å². The van der Waals surface area contributed by atoms with Gasteiger partial charge in [-0.1, -0.05) is 36.4 Å². The first-order valence-electron chi connectivity index (χ1n) is 7.21. The maximum Gasteiger partial charge on any atom is 0.193 e. The summed E-state index contributed by atoms with van der Waals surface area (Å²) in [7, 11) is -4.21. The van der Waals surface area contributed by atoms with Crippen LogP contribution >= 0.6 is 0 Å².